The smallest absolute Gasteiger partial charge is 0.301 e. The molecule has 1 aliphatic rings. The van der Waals surface area contributed by atoms with Gasteiger partial charge in [0.15, 0.2) is 5.13 Å². The number of fused-ring (bicyclic) bond motifs is 1. The highest BCUT2D eigenvalue weighted by atomic mass is 35.5. The summed E-state index contributed by atoms with van der Waals surface area (Å²) in [4.78, 5) is 36.7. The first kappa shape index (κ1) is 25.8. The fourth-order valence-corrected chi connectivity index (χ4v) is 5.65. The van der Waals surface area contributed by atoms with Gasteiger partial charge in [-0.3, -0.25) is 19.5 Å². The highest BCUT2D eigenvalue weighted by Gasteiger charge is 2.48. The number of amides is 1. The molecule has 0 radical (unpaired) electrons. The van der Waals surface area contributed by atoms with Crippen molar-refractivity contribution in [3.05, 3.63) is 88.0 Å². The standard InChI is InChI=1S/C28H23ClFN3O4S/c1-28(2,3)16-10-14(7-8-20(16)37-4)24(34)22-23(15-6-5-9-31-13-15)33(26(36)25(22)35)27-32-19-11-17(29)18(30)12-21(19)38-27/h5-13,23,34H,1-4H3/b24-22+. The molecule has 0 spiro atoms. The van der Waals surface area contributed by atoms with Gasteiger partial charge < -0.3 is 9.84 Å². The number of hydrogen-bond acceptors (Lipinski definition) is 7. The van der Waals surface area contributed by atoms with Crippen LogP contribution in [-0.2, 0) is 15.0 Å². The highest BCUT2D eigenvalue weighted by molar-refractivity contribution is 7.22. The molecule has 1 unspecified atom stereocenters. The van der Waals surface area contributed by atoms with E-state index in [1.807, 2.05) is 20.8 Å². The van der Waals surface area contributed by atoms with Gasteiger partial charge in [-0.2, -0.15) is 0 Å². The van der Waals surface area contributed by atoms with E-state index in [0.29, 0.717) is 27.1 Å². The first-order chi connectivity index (χ1) is 18.0. The van der Waals surface area contributed by atoms with E-state index in [2.05, 4.69) is 9.97 Å². The fourth-order valence-electron chi connectivity index (χ4n) is 4.49. The van der Waals surface area contributed by atoms with Gasteiger partial charge in [-0.25, -0.2) is 9.37 Å². The molecule has 4 aromatic rings. The maximum Gasteiger partial charge on any atom is 0.301 e. The topological polar surface area (TPSA) is 92.6 Å². The van der Waals surface area contributed by atoms with Crippen LogP contribution in [0.2, 0.25) is 5.02 Å². The second-order valence-corrected chi connectivity index (χ2v) is 11.3. The van der Waals surface area contributed by atoms with Crippen LogP contribution in [0.5, 0.6) is 5.75 Å². The van der Waals surface area contributed by atoms with Gasteiger partial charge in [0.25, 0.3) is 5.78 Å². The minimum absolute atomic E-state index is 0.100. The number of pyridine rings is 1. The van der Waals surface area contributed by atoms with E-state index in [0.717, 1.165) is 16.9 Å². The predicted octanol–water partition coefficient (Wildman–Crippen LogP) is 6.42. The van der Waals surface area contributed by atoms with Crippen molar-refractivity contribution in [3.8, 4) is 5.75 Å². The van der Waals surface area contributed by atoms with Crippen LogP contribution in [0.3, 0.4) is 0 Å². The first-order valence-electron chi connectivity index (χ1n) is 11.7. The Hall–Kier alpha value is -3.82. The number of hydrogen-bond donors (Lipinski definition) is 1. The van der Waals surface area contributed by atoms with Crippen molar-refractivity contribution in [2.45, 2.75) is 32.2 Å². The molecular weight excluding hydrogens is 529 g/mol. The van der Waals surface area contributed by atoms with E-state index < -0.39 is 23.5 Å². The third-order valence-electron chi connectivity index (χ3n) is 6.35. The number of aliphatic hydroxyl groups excluding tert-OH is 1. The highest BCUT2D eigenvalue weighted by Crippen LogP contribution is 2.45. The summed E-state index contributed by atoms with van der Waals surface area (Å²) in [5.41, 5.74) is 1.64. The SMILES string of the molecule is COc1ccc(/C(O)=C2\C(=O)C(=O)N(c3nc4cc(Cl)c(F)cc4s3)C2c2cccnc2)cc1C(C)(C)C. The Morgan fingerprint density at radius 2 is 1.95 bits per heavy atom. The van der Waals surface area contributed by atoms with Crippen LogP contribution in [-0.4, -0.2) is 33.9 Å². The van der Waals surface area contributed by atoms with Crippen LogP contribution in [0.4, 0.5) is 9.52 Å². The number of aliphatic hydroxyl groups is 1. The van der Waals surface area contributed by atoms with Crippen LogP contribution in [0, 0.1) is 5.82 Å². The molecule has 2 aromatic carbocycles. The lowest BCUT2D eigenvalue weighted by molar-refractivity contribution is -0.132. The van der Waals surface area contributed by atoms with Gasteiger partial charge in [0.1, 0.15) is 17.3 Å². The zero-order chi connectivity index (χ0) is 27.4. The second kappa shape index (κ2) is 9.49. The maximum atomic E-state index is 14.1. The number of carbonyl (C=O) groups excluding carboxylic acids is 2. The molecular formula is C28H23ClFN3O4S. The van der Waals surface area contributed by atoms with Gasteiger partial charge in [-0.1, -0.05) is 49.8 Å². The van der Waals surface area contributed by atoms with Crippen molar-refractivity contribution in [2.24, 2.45) is 0 Å². The average molecular weight is 552 g/mol. The largest absolute Gasteiger partial charge is 0.507 e. The van der Waals surface area contributed by atoms with E-state index >= 15 is 0 Å². The Bertz CT molecular complexity index is 1590. The Morgan fingerprint density at radius 1 is 1.18 bits per heavy atom. The molecule has 0 saturated carbocycles. The molecule has 194 valence electrons. The van der Waals surface area contributed by atoms with Gasteiger partial charge in [0.05, 0.1) is 34.0 Å². The molecule has 5 rings (SSSR count). The second-order valence-electron chi connectivity index (χ2n) is 9.85. The predicted molar refractivity (Wildman–Crippen MR) is 145 cm³/mol. The normalized spacial score (nSPS) is 17.4. The molecule has 2 aromatic heterocycles. The van der Waals surface area contributed by atoms with E-state index in [1.54, 1.807) is 43.6 Å². The van der Waals surface area contributed by atoms with Crippen molar-refractivity contribution >= 4 is 55.7 Å². The number of Topliss-reactive ketones (excluding diaryl/α,β-unsaturated/α-hetero) is 1. The summed E-state index contributed by atoms with van der Waals surface area (Å²) in [7, 11) is 1.56. The Kier molecular flexibility index (Phi) is 6.44. The molecule has 1 amide bonds. The number of aromatic nitrogens is 2. The summed E-state index contributed by atoms with van der Waals surface area (Å²) in [6.45, 7) is 6.02. The summed E-state index contributed by atoms with van der Waals surface area (Å²) in [5.74, 6) is -2.04. The number of anilines is 1. The Labute approximate surface area is 227 Å². The van der Waals surface area contributed by atoms with Crippen molar-refractivity contribution in [2.75, 3.05) is 12.0 Å². The number of halogens is 2. The zero-order valence-corrected chi connectivity index (χ0v) is 22.5. The van der Waals surface area contributed by atoms with Crippen LogP contribution >= 0.6 is 22.9 Å². The van der Waals surface area contributed by atoms with E-state index in [-0.39, 0.29) is 26.9 Å². The number of methoxy groups -OCH3 is 1. The van der Waals surface area contributed by atoms with E-state index in [1.165, 1.54) is 23.2 Å². The summed E-state index contributed by atoms with van der Waals surface area (Å²) in [5, 5.41) is 11.6. The molecule has 1 atom stereocenters. The Balaban J connectivity index is 1.72. The molecule has 1 aliphatic heterocycles. The lowest BCUT2D eigenvalue weighted by atomic mass is 9.84. The Morgan fingerprint density at radius 3 is 2.61 bits per heavy atom. The summed E-state index contributed by atoms with van der Waals surface area (Å²) < 4.78 is 20.1. The number of rotatable bonds is 4. The van der Waals surface area contributed by atoms with Gasteiger partial charge in [-0.05, 0) is 47.4 Å². The van der Waals surface area contributed by atoms with Crippen LogP contribution < -0.4 is 9.64 Å². The zero-order valence-electron chi connectivity index (χ0n) is 21.0. The van der Waals surface area contributed by atoms with E-state index in [9.17, 15) is 19.1 Å². The van der Waals surface area contributed by atoms with Crippen molar-refractivity contribution < 1.29 is 23.8 Å². The monoisotopic (exact) mass is 551 g/mol. The molecule has 1 saturated heterocycles. The first-order valence-corrected chi connectivity index (χ1v) is 12.9. The summed E-state index contributed by atoms with van der Waals surface area (Å²) in [6, 6.07) is 10.1. The molecule has 0 bridgehead atoms. The minimum Gasteiger partial charge on any atom is -0.507 e. The third-order valence-corrected chi connectivity index (χ3v) is 7.66. The maximum absolute atomic E-state index is 14.1. The van der Waals surface area contributed by atoms with Crippen molar-refractivity contribution in [1.82, 2.24) is 9.97 Å². The third kappa shape index (κ3) is 4.31. The number of ether oxygens (including phenoxy) is 1. The molecule has 7 nitrogen and oxygen atoms in total. The molecule has 0 aliphatic carbocycles. The number of thiazole rings is 1. The van der Waals surface area contributed by atoms with Gasteiger partial charge in [0.2, 0.25) is 0 Å². The van der Waals surface area contributed by atoms with Gasteiger partial charge >= 0.3 is 5.91 Å². The van der Waals surface area contributed by atoms with Gasteiger partial charge in [0, 0.05) is 23.5 Å². The van der Waals surface area contributed by atoms with Crippen molar-refractivity contribution in [1.29, 1.82) is 0 Å². The molecule has 3 heterocycles. The molecule has 10 heteroatoms. The van der Waals surface area contributed by atoms with E-state index in [4.69, 9.17) is 16.3 Å². The van der Waals surface area contributed by atoms with Crippen LogP contribution in [0.25, 0.3) is 16.0 Å². The lowest BCUT2D eigenvalue weighted by Gasteiger charge is -2.24. The molecule has 1 fully saturated rings. The average Bonchev–Trinajstić information content (AvgIpc) is 3.40. The summed E-state index contributed by atoms with van der Waals surface area (Å²) >= 11 is 6.97. The number of nitrogens with zero attached hydrogens (tertiary/aromatic N) is 3. The quantitative estimate of drug-likeness (QED) is 0.179. The summed E-state index contributed by atoms with van der Waals surface area (Å²) in [6.07, 6.45) is 3.09. The fraction of sp³-hybridized carbons (Fsp3) is 0.214. The molecule has 38 heavy (non-hydrogen) atoms. The van der Waals surface area contributed by atoms with Crippen molar-refractivity contribution in [3.63, 3.8) is 0 Å². The molecule has 1 N–H and O–H groups in total. The minimum atomic E-state index is -1.01. The lowest BCUT2D eigenvalue weighted by Crippen LogP contribution is -2.29. The number of ketones is 1. The van der Waals surface area contributed by atoms with Crippen LogP contribution in [0.15, 0.2) is 60.4 Å². The van der Waals surface area contributed by atoms with Gasteiger partial charge in [-0.15, -0.1) is 0 Å². The van der Waals surface area contributed by atoms with Crippen LogP contribution in [0.1, 0.15) is 43.5 Å². The number of benzene rings is 2. The number of carbonyl (C=O) groups is 2.